The van der Waals surface area contributed by atoms with Crippen LogP contribution in [0.2, 0.25) is 5.02 Å². The number of nitrogens with one attached hydrogen (secondary N) is 1. The lowest BCUT2D eigenvalue weighted by Crippen LogP contribution is -2.23. The van der Waals surface area contributed by atoms with Crippen LogP contribution in [0.25, 0.3) is 10.9 Å². The fourth-order valence-corrected chi connectivity index (χ4v) is 3.93. The highest BCUT2D eigenvalue weighted by Crippen LogP contribution is 2.38. The smallest absolute Gasteiger partial charge is 0.418 e. The van der Waals surface area contributed by atoms with Gasteiger partial charge in [-0.05, 0) is 43.0 Å². The molecule has 0 saturated carbocycles. The molecular formula is C22H16ClF3N2O3. The first-order valence-electron chi connectivity index (χ1n) is 9.49. The van der Waals surface area contributed by atoms with E-state index in [1.165, 1.54) is 6.07 Å². The maximum absolute atomic E-state index is 13.2. The topological polar surface area (TPSA) is 68.3 Å². The molecule has 3 aromatic rings. The fraction of sp³-hybridized carbons (Fsp3) is 0.227. The maximum atomic E-state index is 13.2. The zero-order chi connectivity index (χ0) is 22.2. The van der Waals surface area contributed by atoms with Gasteiger partial charge < -0.3 is 10.1 Å². The number of carbonyl (C=O) groups excluding carboxylic acids is 2. The number of fused-ring (bicyclic) bond motifs is 2. The van der Waals surface area contributed by atoms with Gasteiger partial charge in [-0.2, -0.15) is 13.2 Å². The number of amides is 1. The SMILES string of the molecule is O=C(COC(=O)c1c2c(nc3ccccc13)CCC2)Nc1c(Cl)cccc1C(F)(F)F. The second-order valence-corrected chi connectivity index (χ2v) is 7.47. The van der Waals surface area contributed by atoms with Crippen molar-refractivity contribution < 1.29 is 27.5 Å². The van der Waals surface area contributed by atoms with Crippen LogP contribution >= 0.6 is 11.6 Å². The first kappa shape index (κ1) is 21.1. The van der Waals surface area contributed by atoms with E-state index in [1.807, 2.05) is 0 Å². The van der Waals surface area contributed by atoms with E-state index in [0.29, 0.717) is 22.9 Å². The summed E-state index contributed by atoms with van der Waals surface area (Å²) >= 11 is 5.84. The van der Waals surface area contributed by atoms with Crippen LogP contribution in [-0.2, 0) is 28.5 Å². The Morgan fingerprint density at radius 3 is 2.65 bits per heavy atom. The van der Waals surface area contributed by atoms with E-state index in [2.05, 4.69) is 10.3 Å². The minimum atomic E-state index is -4.71. The molecule has 0 saturated heterocycles. The fourth-order valence-electron chi connectivity index (χ4n) is 3.71. The molecule has 1 aliphatic rings. The lowest BCUT2D eigenvalue weighted by Gasteiger charge is -2.15. The number of anilines is 1. The van der Waals surface area contributed by atoms with Gasteiger partial charge in [0.2, 0.25) is 0 Å². The molecule has 0 bridgehead atoms. The van der Waals surface area contributed by atoms with Gasteiger partial charge >= 0.3 is 12.1 Å². The van der Waals surface area contributed by atoms with Gasteiger partial charge in [-0.15, -0.1) is 0 Å². The Bertz CT molecular complexity index is 1190. The van der Waals surface area contributed by atoms with E-state index in [9.17, 15) is 22.8 Å². The summed E-state index contributed by atoms with van der Waals surface area (Å²) in [5.41, 5.74) is 0.936. The Labute approximate surface area is 180 Å². The largest absolute Gasteiger partial charge is 0.452 e. The zero-order valence-corrected chi connectivity index (χ0v) is 16.8. The number of carbonyl (C=O) groups is 2. The lowest BCUT2D eigenvalue weighted by atomic mass is 10.0. The Hall–Kier alpha value is -3.13. The van der Waals surface area contributed by atoms with E-state index in [-0.39, 0.29) is 5.02 Å². The standard InChI is InChI=1S/C22H16ClF3N2O3/c23-15-8-4-7-14(22(24,25)26)20(15)28-18(29)11-31-21(30)19-12-5-1-2-9-16(12)27-17-10-3-6-13(17)19/h1-2,4-5,7-9H,3,6,10-11H2,(H,28,29). The number of benzene rings is 2. The molecule has 0 fully saturated rings. The van der Waals surface area contributed by atoms with Crippen molar-refractivity contribution in [2.75, 3.05) is 11.9 Å². The third-order valence-electron chi connectivity index (χ3n) is 5.04. The van der Waals surface area contributed by atoms with Crippen molar-refractivity contribution in [2.24, 2.45) is 0 Å². The number of hydrogen-bond donors (Lipinski definition) is 1. The molecule has 0 aliphatic heterocycles. The molecule has 160 valence electrons. The molecule has 0 unspecified atom stereocenters. The number of hydrogen-bond acceptors (Lipinski definition) is 4. The van der Waals surface area contributed by atoms with Crippen LogP contribution < -0.4 is 5.32 Å². The van der Waals surface area contributed by atoms with Gasteiger partial charge in [-0.25, -0.2) is 4.79 Å². The van der Waals surface area contributed by atoms with Crippen molar-refractivity contribution in [3.8, 4) is 0 Å². The number of halogens is 4. The summed E-state index contributed by atoms with van der Waals surface area (Å²) < 4.78 is 44.7. The molecule has 0 radical (unpaired) electrons. The zero-order valence-electron chi connectivity index (χ0n) is 16.1. The Kier molecular flexibility index (Phi) is 5.58. The number of nitrogens with zero attached hydrogens (tertiary/aromatic N) is 1. The van der Waals surface area contributed by atoms with Gasteiger partial charge in [-0.3, -0.25) is 9.78 Å². The van der Waals surface area contributed by atoms with Gasteiger partial charge in [0.15, 0.2) is 6.61 Å². The van der Waals surface area contributed by atoms with Crippen LogP contribution in [0.5, 0.6) is 0 Å². The van der Waals surface area contributed by atoms with E-state index in [1.54, 1.807) is 24.3 Å². The summed E-state index contributed by atoms with van der Waals surface area (Å²) in [7, 11) is 0. The molecule has 1 heterocycles. The summed E-state index contributed by atoms with van der Waals surface area (Å²) in [5, 5.41) is 2.44. The first-order chi connectivity index (χ1) is 14.8. The van der Waals surface area contributed by atoms with E-state index < -0.39 is 35.9 Å². The van der Waals surface area contributed by atoms with E-state index in [4.69, 9.17) is 16.3 Å². The molecule has 0 atom stereocenters. The number of aromatic nitrogens is 1. The summed E-state index contributed by atoms with van der Waals surface area (Å²) in [6, 6.07) is 10.3. The number of pyridine rings is 1. The van der Waals surface area contributed by atoms with Crippen molar-refractivity contribution >= 4 is 40.1 Å². The van der Waals surface area contributed by atoms with Crippen LogP contribution in [0.15, 0.2) is 42.5 Å². The number of aryl methyl sites for hydroxylation is 1. The highest BCUT2D eigenvalue weighted by molar-refractivity contribution is 6.34. The quantitative estimate of drug-likeness (QED) is 0.558. The first-order valence-corrected chi connectivity index (χ1v) is 9.86. The normalized spacial score (nSPS) is 13.2. The second-order valence-electron chi connectivity index (χ2n) is 7.07. The van der Waals surface area contributed by atoms with Gasteiger partial charge in [0, 0.05) is 11.1 Å². The van der Waals surface area contributed by atoms with Crippen LogP contribution in [0.3, 0.4) is 0 Å². The number of para-hydroxylation sites is 2. The summed E-state index contributed by atoms with van der Waals surface area (Å²) in [4.78, 5) is 29.7. The lowest BCUT2D eigenvalue weighted by molar-refractivity contribution is -0.137. The average molecular weight is 449 g/mol. The molecule has 0 spiro atoms. The van der Waals surface area contributed by atoms with Gasteiger partial charge in [0.05, 0.1) is 27.4 Å². The molecule has 1 aliphatic carbocycles. The molecule has 31 heavy (non-hydrogen) atoms. The molecule has 1 N–H and O–H groups in total. The van der Waals surface area contributed by atoms with Crippen molar-refractivity contribution in [2.45, 2.75) is 25.4 Å². The third kappa shape index (κ3) is 4.20. The molecule has 2 aromatic carbocycles. The Balaban J connectivity index is 1.54. The highest BCUT2D eigenvalue weighted by atomic mass is 35.5. The molecule has 1 aromatic heterocycles. The van der Waals surface area contributed by atoms with Crippen LogP contribution in [-0.4, -0.2) is 23.5 Å². The predicted molar refractivity (Wildman–Crippen MR) is 109 cm³/mol. The molecular weight excluding hydrogens is 433 g/mol. The monoisotopic (exact) mass is 448 g/mol. The summed E-state index contributed by atoms with van der Waals surface area (Å²) in [5.74, 6) is -1.65. The number of ether oxygens (including phenoxy) is 1. The number of alkyl halides is 3. The third-order valence-corrected chi connectivity index (χ3v) is 5.36. The predicted octanol–water partition coefficient (Wildman–Crippen LogP) is 5.19. The second kappa shape index (κ2) is 8.19. The van der Waals surface area contributed by atoms with Crippen LogP contribution in [0.1, 0.15) is 33.6 Å². The molecule has 9 heteroatoms. The minimum Gasteiger partial charge on any atom is -0.452 e. The number of rotatable bonds is 4. The van der Waals surface area contributed by atoms with E-state index >= 15 is 0 Å². The van der Waals surface area contributed by atoms with Crippen molar-refractivity contribution in [1.82, 2.24) is 4.98 Å². The van der Waals surface area contributed by atoms with Gasteiger partial charge in [0.1, 0.15) is 0 Å². The Morgan fingerprint density at radius 2 is 1.87 bits per heavy atom. The minimum absolute atomic E-state index is 0.271. The maximum Gasteiger partial charge on any atom is 0.418 e. The summed E-state index contributed by atoms with van der Waals surface area (Å²) in [6.07, 6.45) is -2.45. The van der Waals surface area contributed by atoms with Crippen molar-refractivity contribution in [1.29, 1.82) is 0 Å². The van der Waals surface area contributed by atoms with E-state index in [0.717, 1.165) is 36.2 Å². The highest BCUT2D eigenvalue weighted by Gasteiger charge is 2.35. The average Bonchev–Trinajstić information content (AvgIpc) is 3.18. The van der Waals surface area contributed by atoms with Crippen LogP contribution in [0, 0.1) is 0 Å². The van der Waals surface area contributed by atoms with Crippen LogP contribution in [0.4, 0.5) is 18.9 Å². The van der Waals surface area contributed by atoms with Crippen molar-refractivity contribution in [3.05, 3.63) is 69.9 Å². The summed E-state index contributed by atoms with van der Waals surface area (Å²) in [6.45, 7) is -0.757. The molecule has 1 amide bonds. The van der Waals surface area contributed by atoms with Gasteiger partial charge in [-0.1, -0.05) is 35.9 Å². The van der Waals surface area contributed by atoms with Crippen molar-refractivity contribution in [3.63, 3.8) is 0 Å². The Morgan fingerprint density at radius 1 is 1.10 bits per heavy atom. The molecule has 4 rings (SSSR count). The number of esters is 1. The molecule has 5 nitrogen and oxygen atoms in total. The van der Waals surface area contributed by atoms with Gasteiger partial charge in [0.25, 0.3) is 5.91 Å².